The summed E-state index contributed by atoms with van der Waals surface area (Å²) >= 11 is 1.61. The highest BCUT2D eigenvalue weighted by molar-refractivity contribution is 8.00. The third-order valence-electron chi connectivity index (χ3n) is 4.45. The molecule has 0 aliphatic carbocycles. The summed E-state index contributed by atoms with van der Waals surface area (Å²) in [5.41, 5.74) is 2.31. The molecular weight excluding hydrogens is 332 g/mol. The largest absolute Gasteiger partial charge is 0.394 e. The molecule has 4 nitrogen and oxygen atoms in total. The van der Waals surface area contributed by atoms with Crippen LogP contribution < -0.4 is 5.32 Å². The topological polar surface area (TPSA) is 65.1 Å². The highest BCUT2D eigenvalue weighted by atomic mass is 32.2. The van der Waals surface area contributed by atoms with Crippen LogP contribution in [0.15, 0.2) is 29.3 Å². The number of amides is 1. The molecule has 5 heteroatoms. The van der Waals surface area contributed by atoms with Gasteiger partial charge in [0.15, 0.2) is 0 Å². The number of carbonyl (C=O) groups excluding carboxylic acids is 1. The number of fused-ring (bicyclic) bond motifs is 1. The SMILES string of the molecule is Cc1cccc2[nH]cc(SC(CC(C)C)C(=O)NC(CO)C(C)C)c12. The molecule has 2 unspecified atom stereocenters. The van der Waals surface area contributed by atoms with Crippen molar-refractivity contribution in [2.75, 3.05) is 6.61 Å². The highest BCUT2D eigenvalue weighted by Crippen LogP contribution is 2.35. The number of rotatable bonds is 8. The van der Waals surface area contributed by atoms with Gasteiger partial charge in [0.05, 0.1) is 17.9 Å². The van der Waals surface area contributed by atoms with Gasteiger partial charge >= 0.3 is 0 Å². The maximum absolute atomic E-state index is 12.8. The Bertz CT molecular complexity index is 709. The van der Waals surface area contributed by atoms with E-state index in [1.165, 1.54) is 10.9 Å². The molecular formula is C20H30N2O2S. The predicted molar refractivity (Wildman–Crippen MR) is 106 cm³/mol. The van der Waals surface area contributed by atoms with E-state index in [-0.39, 0.29) is 29.7 Å². The van der Waals surface area contributed by atoms with Gasteiger partial charge in [-0.25, -0.2) is 0 Å². The van der Waals surface area contributed by atoms with Crippen LogP contribution in [0.3, 0.4) is 0 Å². The fourth-order valence-electron chi connectivity index (χ4n) is 2.91. The van der Waals surface area contributed by atoms with Crippen LogP contribution in [-0.4, -0.2) is 33.9 Å². The lowest BCUT2D eigenvalue weighted by molar-refractivity contribution is -0.122. The number of aliphatic hydroxyl groups excluding tert-OH is 1. The highest BCUT2D eigenvalue weighted by Gasteiger charge is 2.25. The maximum Gasteiger partial charge on any atom is 0.233 e. The van der Waals surface area contributed by atoms with Crippen molar-refractivity contribution in [1.82, 2.24) is 10.3 Å². The number of aryl methyl sites for hydroxylation is 1. The van der Waals surface area contributed by atoms with E-state index in [1.807, 2.05) is 26.1 Å². The minimum Gasteiger partial charge on any atom is -0.394 e. The number of aliphatic hydroxyl groups is 1. The number of nitrogens with one attached hydrogen (secondary N) is 2. The van der Waals surface area contributed by atoms with Crippen LogP contribution in [0.4, 0.5) is 0 Å². The Kier molecular flexibility index (Phi) is 6.96. The second-order valence-corrected chi connectivity index (χ2v) is 8.67. The summed E-state index contributed by atoms with van der Waals surface area (Å²) in [6, 6.07) is 5.99. The Morgan fingerprint density at radius 1 is 1.28 bits per heavy atom. The van der Waals surface area contributed by atoms with Crippen LogP contribution in [0.5, 0.6) is 0 Å². The molecule has 0 bridgehead atoms. The van der Waals surface area contributed by atoms with E-state index in [0.29, 0.717) is 5.92 Å². The molecule has 0 aliphatic heterocycles. The Labute approximate surface area is 154 Å². The molecule has 2 atom stereocenters. The Morgan fingerprint density at radius 2 is 2.00 bits per heavy atom. The number of aromatic amines is 1. The smallest absolute Gasteiger partial charge is 0.233 e. The van der Waals surface area contributed by atoms with Gasteiger partial charge in [-0.1, -0.05) is 39.8 Å². The van der Waals surface area contributed by atoms with Crippen molar-refractivity contribution >= 4 is 28.6 Å². The first kappa shape index (κ1) is 19.9. The molecule has 0 saturated carbocycles. The average Bonchev–Trinajstić information content (AvgIpc) is 2.95. The molecule has 0 spiro atoms. The molecule has 1 aromatic carbocycles. The van der Waals surface area contributed by atoms with Gasteiger partial charge in [0, 0.05) is 22.0 Å². The van der Waals surface area contributed by atoms with Crippen molar-refractivity contribution in [3.05, 3.63) is 30.0 Å². The molecule has 25 heavy (non-hydrogen) atoms. The number of hydrogen-bond acceptors (Lipinski definition) is 3. The minimum atomic E-state index is -0.201. The number of hydrogen-bond donors (Lipinski definition) is 3. The zero-order chi connectivity index (χ0) is 18.6. The zero-order valence-corrected chi connectivity index (χ0v) is 16.6. The third kappa shape index (κ3) is 5.02. The lowest BCUT2D eigenvalue weighted by Gasteiger charge is -2.24. The molecule has 2 rings (SSSR count). The lowest BCUT2D eigenvalue weighted by Crippen LogP contribution is -2.45. The number of thioether (sulfide) groups is 1. The van der Waals surface area contributed by atoms with Gasteiger partial charge < -0.3 is 15.4 Å². The second-order valence-electron chi connectivity index (χ2n) is 7.43. The third-order valence-corrected chi connectivity index (χ3v) is 5.72. The van der Waals surface area contributed by atoms with Gasteiger partial charge in [0.1, 0.15) is 0 Å². The Hall–Kier alpha value is -1.46. The summed E-state index contributed by atoms with van der Waals surface area (Å²) in [4.78, 5) is 17.3. The van der Waals surface area contributed by atoms with E-state index >= 15 is 0 Å². The molecule has 3 N–H and O–H groups in total. The standard InChI is InChI=1S/C20H30N2O2S/c1-12(2)9-17(20(24)22-16(11-23)13(3)4)25-18-10-21-15-8-6-7-14(5)19(15)18/h6-8,10,12-13,16-17,21,23H,9,11H2,1-5H3,(H,22,24). The van der Waals surface area contributed by atoms with Crippen LogP contribution in [0.1, 0.15) is 39.7 Å². The summed E-state index contributed by atoms with van der Waals surface area (Å²) in [5.74, 6) is 0.629. The summed E-state index contributed by atoms with van der Waals surface area (Å²) in [6.07, 6.45) is 2.79. The molecule has 0 radical (unpaired) electrons. The van der Waals surface area contributed by atoms with Crippen molar-refractivity contribution in [3.8, 4) is 0 Å². The molecule has 0 saturated heterocycles. The number of carbonyl (C=O) groups is 1. The number of aromatic nitrogens is 1. The van der Waals surface area contributed by atoms with Crippen molar-refractivity contribution in [1.29, 1.82) is 0 Å². The maximum atomic E-state index is 12.8. The quantitative estimate of drug-likeness (QED) is 0.619. The normalized spacial score (nSPS) is 14.2. The molecule has 0 fully saturated rings. The fraction of sp³-hybridized carbons (Fsp3) is 0.550. The van der Waals surface area contributed by atoms with Crippen LogP contribution >= 0.6 is 11.8 Å². The molecule has 1 aromatic heterocycles. The summed E-state index contributed by atoms with van der Waals surface area (Å²) < 4.78 is 0. The Morgan fingerprint density at radius 3 is 2.60 bits per heavy atom. The number of benzene rings is 1. The molecule has 1 amide bonds. The monoisotopic (exact) mass is 362 g/mol. The van der Waals surface area contributed by atoms with E-state index < -0.39 is 0 Å². The summed E-state index contributed by atoms with van der Waals surface area (Å²) in [6.45, 7) is 10.3. The fourth-order valence-corrected chi connectivity index (χ4v) is 4.39. The predicted octanol–water partition coefficient (Wildman–Crippen LogP) is 4.12. The molecule has 0 aliphatic rings. The first-order valence-electron chi connectivity index (χ1n) is 8.98. The van der Waals surface area contributed by atoms with E-state index in [9.17, 15) is 9.90 Å². The minimum absolute atomic E-state index is 0.00869. The first-order valence-corrected chi connectivity index (χ1v) is 9.86. The molecule has 138 valence electrons. The zero-order valence-electron chi connectivity index (χ0n) is 15.8. The summed E-state index contributed by atoms with van der Waals surface area (Å²) in [5, 5.41) is 13.6. The van der Waals surface area contributed by atoms with Gasteiger partial charge in [0.2, 0.25) is 5.91 Å². The second kappa shape index (κ2) is 8.77. The van der Waals surface area contributed by atoms with E-state index in [2.05, 4.69) is 43.2 Å². The first-order chi connectivity index (χ1) is 11.8. The lowest BCUT2D eigenvalue weighted by atomic mass is 10.0. The van der Waals surface area contributed by atoms with E-state index in [4.69, 9.17) is 0 Å². The van der Waals surface area contributed by atoms with Crippen molar-refractivity contribution in [2.45, 2.75) is 57.2 Å². The van der Waals surface area contributed by atoms with Gasteiger partial charge in [-0.05, 0) is 36.8 Å². The van der Waals surface area contributed by atoms with Crippen molar-refractivity contribution in [3.63, 3.8) is 0 Å². The summed E-state index contributed by atoms with van der Waals surface area (Å²) in [7, 11) is 0. The van der Waals surface area contributed by atoms with Crippen molar-refractivity contribution in [2.24, 2.45) is 11.8 Å². The molecule has 2 aromatic rings. The van der Waals surface area contributed by atoms with E-state index in [0.717, 1.165) is 16.8 Å². The van der Waals surface area contributed by atoms with Crippen LogP contribution in [-0.2, 0) is 4.79 Å². The van der Waals surface area contributed by atoms with Gasteiger partial charge in [-0.3, -0.25) is 4.79 Å². The number of H-pyrrole nitrogens is 1. The van der Waals surface area contributed by atoms with Crippen LogP contribution in [0.2, 0.25) is 0 Å². The van der Waals surface area contributed by atoms with Crippen LogP contribution in [0, 0.1) is 18.8 Å². The Balaban J connectivity index is 2.23. The van der Waals surface area contributed by atoms with E-state index in [1.54, 1.807) is 11.8 Å². The van der Waals surface area contributed by atoms with Gasteiger partial charge in [-0.15, -0.1) is 11.8 Å². The van der Waals surface area contributed by atoms with Gasteiger partial charge in [-0.2, -0.15) is 0 Å². The van der Waals surface area contributed by atoms with Crippen LogP contribution in [0.25, 0.3) is 10.9 Å². The average molecular weight is 363 g/mol. The molecule has 1 heterocycles. The van der Waals surface area contributed by atoms with Gasteiger partial charge in [0.25, 0.3) is 0 Å². The van der Waals surface area contributed by atoms with Crippen molar-refractivity contribution < 1.29 is 9.90 Å².